The summed E-state index contributed by atoms with van der Waals surface area (Å²) in [5.41, 5.74) is 8.85. The van der Waals surface area contributed by atoms with Crippen LogP contribution in [-0.2, 0) is 6.42 Å². The Bertz CT molecular complexity index is 1130. The molecule has 0 spiro atoms. The topological polar surface area (TPSA) is 51.4 Å². The molecule has 2 aliphatic heterocycles. The molecule has 1 fully saturated rings. The molecule has 0 bridgehead atoms. The molecule has 32 heavy (non-hydrogen) atoms. The number of carbonyl (C=O) groups is 1. The molecule has 5 nitrogen and oxygen atoms in total. The Morgan fingerprint density at radius 3 is 2.62 bits per heavy atom. The van der Waals surface area contributed by atoms with Crippen molar-refractivity contribution in [2.75, 3.05) is 32.7 Å². The van der Waals surface area contributed by atoms with Crippen molar-refractivity contribution in [2.45, 2.75) is 25.7 Å². The maximum atomic E-state index is 12.5. The first-order valence-electron chi connectivity index (χ1n) is 11.5. The number of aromatic nitrogens is 1. The number of aromatic amines is 1. The number of nitrogens with one attached hydrogen (secondary N) is 2. The molecule has 3 heterocycles. The van der Waals surface area contributed by atoms with E-state index in [4.69, 9.17) is 11.6 Å². The maximum absolute atomic E-state index is 12.5. The second kappa shape index (κ2) is 9.49. The molecule has 1 saturated heterocycles. The Labute approximate surface area is 194 Å². The van der Waals surface area contributed by atoms with Gasteiger partial charge in [0.15, 0.2) is 0 Å². The normalized spacial score (nSPS) is 17.6. The average Bonchev–Trinajstić information content (AvgIpc) is 3.48. The van der Waals surface area contributed by atoms with E-state index in [1.54, 1.807) is 24.3 Å². The third-order valence-electron chi connectivity index (χ3n) is 6.61. The van der Waals surface area contributed by atoms with Crippen molar-refractivity contribution in [3.63, 3.8) is 0 Å². The summed E-state index contributed by atoms with van der Waals surface area (Å²) in [6.45, 7) is 5.11. The van der Waals surface area contributed by atoms with Gasteiger partial charge in [-0.3, -0.25) is 10.2 Å². The molecule has 3 aromatic rings. The lowest BCUT2D eigenvalue weighted by atomic mass is 9.97. The van der Waals surface area contributed by atoms with Gasteiger partial charge in [-0.25, -0.2) is 5.01 Å². The molecule has 0 aliphatic carbocycles. The van der Waals surface area contributed by atoms with Crippen molar-refractivity contribution < 1.29 is 4.79 Å². The summed E-state index contributed by atoms with van der Waals surface area (Å²) in [6, 6.07) is 13.7. The number of amides is 1. The minimum Gasteiger partial charge on any atom is -0.361 e. The Kier molecular flexibility index (Phi) is 6.30. The van der Waals surface area contributed by atoms with Crippen LogP contribution in [0.2, 0.25) is 5.02 Å². The van der Waals surface area contributed by atoms with Gasteiger partial charge in [-0.05, 0) is 91.9 Å². The monoisotopic (exact) mass is 448 g/mol. The van der Waals surface area contributed by atoms with E-state index >= 15 is 0 Å². The number of carbonyl (C=O) groups excluding carboxylic acids is 1. The molecule has 6 heteroatoms. The number of likely N-dealkylation sites (tertiary alicyclic amines) is 1. The van der Waals surface area contributed by atoms with Crippen molar-refractivity contribution in [1.82, 2.24) is 20.3 Å². The zero-order valence-corrected chi connectivity index (χ0v) is 19.0. The molecular weight excluding hydrogens is 420 g/mol. The highest BCUT2D eigenvalue weighted by Gasteiger charge is 2.17. The fourth-order valence-corrected chi connectivity index (χ4v) is 4.84. The van der Waals surface area contributed by atoms with Crippen LogP contribution in [-0.4, -0.2) is 53.5 Å². The molecule has 2 aliphatic rings. The first kappa shape index (κ1) is 21.3. The van der Waals surface area contributed by atoms with Crippen LogP contribution < -0.4 is 5.43 Å². The lowest BCUT2D eigenvalue weighted by molar-refractivity contribution is 0.0806. The smallest absolute Gasteiger partial charge is 0.265 e. The van der Waals surface area contributed by atoms with Crippen LogP contribution >= 0.6 is 11.6 Å². The van der Waals surface area contributed by atoms with Crippen molar-refractivity contribution in [3.05, 3.63) is 76.5 Å². The molecule has 1 aromatic heterocycles. The van der Waals surface area contributed by atoms with Crippen LogP contribution in [0.25, 0.3) is 16.5 Å². The Morgan fingerprint density at radius 1 is 1.06 bits per heavy atom. The number of hydrogen-bond donors (Lipinski definition) is 2. The molecule has 0 radical (unpaired) electrons. The number of benzene rings is 2. The first-order valence-corrected chi connectivity index (χ1v) is 11.9. The van der Waals surface area contributed by atoms with Crippen LogP contribution in [0.5, 0.6) is 0 Å². The first-order chi connectivity index (χ1) is 15.7. The number of hydrogen-bond acceptors (Lipinski definition) is 3. The molecule has 1 amide bonds. The fourth-order valence-electron chi connectivity index (χ4n) is 4.71. The van der Waals surface area contributed by atoms with Crippen LogP contribution in [0, 0.1) is 0 Å². The number of fused-ring (bicyclic) bond motifs is 1. The SMILES string of the molecule is O=C(NN1CC=C(c2ccc3[nH]cc(CCN4CCCC4)c3c2)CC1)c1ccc(Cl)cc1. The van der Waals surface area contributed by atoms with E-state index in [0.29, 0.717) is 17.1 Å². The van der Waals surface area contributed by atoms with Gasteiger partial charge in [0.2, 0.25) is 0 Å². The summed E-state index contributed by atoms with van der Waals surface area (Å²) in [6.07, 6.45) is 9.07. The van der Waals surface area contributed by atoms with Crippen molar-refractivity contribution in [3.8, 4) is 0 Å². The highest BCUT2D eigenvalue weighted by atomic mass is 35.5. The molecular formula is C26H29ClN4O. The lowest BCUT2D eigenvalue weighted by Gasteiger charge is -2.27. The summed E-state index contributed by atoms with van der Waals surface area (Å²) in [4.78, 5) is 18.5. The molecule has 2 N–H and O–H groups in total. The largest absolute Gasteiger partial charge is 0.361 e. The summed E-state index contributed by atoms with van der Waals surface area (Å²) in [5.74, 6) is -0.102. The van der Waals surface area contributed by atoms with E-state index < -0.39 is 0 Å². The van der Waals surface area contributed by atoms with Gasteiger partial charge in [0.1, 0.15) is 0 Å². The molecule has 0 unspecified atom stereocenters. The van der Waals surface area contributed by atoms with Gasteiger partial charge >= 0.3 is 0 Å². The third-order valence-corrected chi connectivity index (χ3v) is 6.86. The maximum Gasteiger partial charge on any atom is 0.265 e. The van der Waals surface area contributed by atoms with Crippen LogP contribution in [0.1, 0.15) is 40.7 Å². The molecule has 0 saturated carbocycles. The summed E-state index contributed by atoms with van der Waals surface area (Å²) in [7, 11) is 0. The number of halogens is 1. The zero-order chi connectivity index (χ0) is 21.9. The predicted octanol–water partition coefficient (Wildman–Crippen LogP) is 4.89. The van der Waals surface area contributed by atoms with Crippen molar-refractivity contribution in [1.29, 1.82) is 0 Å². The van der Waals surface area contributed by atoms with Gasteiger partial charge < -0.3 is 9.88 Å². The molecule has 0 atom stereocenters. The van der Waals surface area contributed by atoms with Crippen LogP contribution in [0.15, 0.2) is 54.7 Å². The van der Waals surface area contributed by atoms with Gasteiger partial charge in [-0.2, -0.15) is 0 Å². The van der Waals surface area contributed by atoms with Crippen LogP contribution in [0.3, 0.4) is 0 Å². The fraction of sp³-hybridized carbons (Fsp3) is 0.346. The average molecular weight is 449 g/mol. The lowest BCUT2D eigenvalue weighted by Crippen LogP contribution is -2.44. The Hall–Kier alpha value is -2.60. The van der Waals surface area contributed by atoms with E-state index in [-0.39, 0.29) is 5.91 Å². The Morgan fingerprint density at radius 2 is 1.88 bits per heavy atom. The van der Waals surface area contributed by atoms with E-state index in [1.165, 1.54) is 53.5 Å². The van der Waals surface area contributed by atoms with E-state index in [2.05, 4.69) is 45.8 Å². The highest BCUT2D eigenvalue weighted by molar-refractivity contribution is 6.30. The molecule has 2 aromatic carbocycles. The minimum absolute atomic E-state index is 0.102. The quantitative estimate of drug-likeness (QED) is 0.564. The standard InChI is InChI=1S/C26H29ClN4O/c27-23-6-3-20(4-7-23)26(32)29-31-15-10-19(11-16-31)21-5-8-25-24(17-21)22(18-28-25)9-14-30-12-1-2-13-30/h3-8,10,17-18,28H,1-2,9,11-16H2,(H,29,32). The van der Waals surface area contributed by atoms with Crippen molar-refractivity contribution >= 4 is 34.0 Å². The predicted molar refractivity (Wildman–Crippen MR) is 131 cm³/mol. The van der Waals surface area contributed by atoms with Gasteiger partial charge in [0, 0.05) is 47.3 Å². The van der Waals surface area contributed by atoms with Crippen LogP contribution in [0.4, 0.5) is 0 Å². The summed E-state index contributed by atoms with van der Waals surface area (Å²) in [5, 5.41) is 3.93. The molecule has 5 rings (SSSR count). The summed E-state index contributed by atoms with van der Waals surface area (Å²) < 4.78 is 0. The van der Waals surface area contributed by atoms with E-state index in [1.807, 2.05) is 5.01 Å². The van der Waals surface area contributed by atoms with Gasteiger partial charge in [-0.1, -0.05) is 23.7 Å². The minimum atomic E-state index is -0.102. The zero-order valence-electron chi connectivity index (χ0n) is 18.2. The highest BCUT2D eigenvalue weighted by Crippen LogP contribution is 2.27. The van der Waals surface area contributed by atoms with E-state index in [9.17, 15) is 4.79 Å². The second-order valence-electron chi connectivity index (χ2n) is 8.75. The van der Waals surface area contributed by atoms with Gasteiger partial charge in [0.25, 0.3) is 5.91 Å². The Balaban J connectivity index is 1.24. The number of hydrazine groups is 1. The third kappa shape index (κ3) is 4.75. The second-order valence-corrected chi connectivity index (χ2v) is 9.18. The number of rotatable bonds is 6. The summed E-state index contributed by atoms with van der Waals surface area (Å²) >= 11 is 5.91. The number of H-pyrrole nitrogens is 1. The molecule has 166 valence electrons. The van der Waals surface area contributed by atoms with Gasteiger partial charge in [-0.15, -0.1) is 0 Å². The van der Waals surface area contributed by atoms with E-state index in [0.717, 1.165) is 25.9 Å². The van der Waals surface area contributed by atoms with Crippen molar-refractivity contribution in [2.24, 2.45) is 0 Å². The van der Waals surface area contributed by atoms with Gasteiger partial charge in [0.05, 0.1) is 0 Å². The number of nitrogens with zero attached hydrogens (tertiary/aromatic N) is 2.